The minimum Gasteiger partial charge on any atom is -0.372 e. The van der Waals surface area contributed by atoms with E-state index in [1.54, 1.807) is 42.4 Å². The van der Waals surface area contributed by atoms with Crippen LogP contribution in [0.2, 0.25) is 0 Å². The van der Waals surface area contributed by atoms with Crippen LogP contribution in [-0.4, -0.2) is 41.3 Å². The SMILES string of the molecule is CNc1ncccc1C(=O)N[C@H]1CC(=O)N(Cc2cccc(F)c2)C1. The van der Waals surface area contributed by atoms with E-state index in [9.17, 15) is 14.0 Å². The molecule has 0 aliphatic carbocycles. The molecular weight excluding hydrogens is 323 g/mol. The normalized spacial score (nSPS) is 16.8. The van der Waals surface area contributed by atoms with Gasteiger partial charge in [0.05, 0.1) is 11.6 Å². The first-order valence-electron chi connectivity index (χ1n) is 8.02. The van der Waals surface area contributed by atoms with Crippen molar-refractivity contribution in [1.29, 1.82) is 0 Å². The second-order valence-corrected chi connectivity index (χ2v) is 5.93. The van der Waals surface area contributed by atoms with E-state index in [2.05, 4.69) is 15.6 Å². The molecule has 1 aliphatic rings. The molecule has 1 aliphatic heterocycles. The molecule has 2 heterocycles. The van der Waals surface area contributed by atoms with Gasteiger partial charge in [-0.25, -0.2) is 9.37 Å². The Morgan fingerprint density at radius 1 is 1.36 bits per heavy atom. The van der Waals surface area contributed by atoms with Crippen molar-refractivity contribution in [3.8, 4) is 0 Å². The number of anilines is 1. The van der Waals surface area contributed by atoms with Gasteiger partial charge in [0, 0.05) is 32.8 Å². The molecule has 130 valence electrons. The van der Waals surface area contributed by atoms with Crippen LogP contribution in [0.15, 0.2) is 42.6 Å². The van der Waals surface area contributed by atoms with E-state index in [0.29, 0.717) is 24.5 Å². The Hall–Kier alpha value is -2.96. The van der Waals surface area contributed by atoms with Crippen molar-refractivity contribution in [3.05, 3.63) is 59.5 Å². The fraction of sp³-hybridized carbons (Fsp3) is 0.278. The number of nitrogens with one attached hydrogen (secondary N) is 2. The molecule has 0 spiro atoms. The van der Waals surface area contributed by atoms with Gasteiger partial charge in [0.2, 0.25) is 5.91 Å². The highest BCUT2D eigenvalue weighted by Crippen LogP contribution is 2.17. The number of aromatic nitrogens is 1. The molecule has 1 aromatic carbocycles. The minimum atomic E-state index is -0.329. The molecule has 2 N–H and O–H groups in total. The van der Waals surface area contributed by atoms with Gasteiger partial charge in [-0.1, -0.05) is 12.1 Å². The zero-order valence-electron chi connectivity index (χ0n) is 13.8. The molecule has 0 saturated carbocycles. The molecule has 0 bridgehead atoms. The van der Waals surface area contributed by atoms with Crippen LogP contribution < -0.4 is 10.6 Å². The molecule has 7 heteroatoms. The average molecular weight is 342 g/mol. The van der Waals surface area contributed by atoms with Crippen LogP contribution in [0.25, 0.3) is 0 Å². The van der Waals surface area contributed by atoms with Gasteiger partial charge in [-0.2, -0.15) is 0 Å². The number of rotatable bonds is 5. The zero-order chi connectivity index (χ0) is 17.8. The van der Waals surface area contributed by atoms with Gasteiger partial charge in [0.1, 0.15) is 11.6 Å². The summed E-state index contributed by atoms with van der Waals surface area (Å²) >= 11 is 0. The molecule has 3 rings (SSSR count). The van der Waals surface area contributed by atoms with Crippen molar-refractivity contribution < 1.29 is 14.0 Å². The average Bonchev–Trinajstić information content (AvgIpc) is 2.94. The predicted molar refractivity (Wildman–Crippen MR) is 91.5 cm³/mol. The first-order chi connectivity index (χ1) is 12.1. The molecular formula is C18H19FN4O2. The summed E-state index contributed by atoms with van der Waals surface area (Å²) in [5.74, 6) is -0.177. The number of amides is 2. The first-order valence-corrected chi connectivity index (χ1v) is 8.02. The van der Waals surface area contributed by atoms with Crippen LogP contribution in [0.5, 0.6) is 0 Å². The van der Waals surface area contributed by atoms with E-state index in [0.717, 1.165) is 5.56 Å². The molecule has 2 aromatic rings. The summed E-state index contributed by atoms with van der Waals surface area (Å²) in [5, 5.41) is 5.74. The molecule has 1 saturated heterocycles. The maximum absolute atomic E-state index is 13.3. The van der Waals surface area contributed by atoms with Gasteiger partial charge in [0.25, 0.3) is 5.91 Å². The zero-order valence-corrected chi connectivity index (χ0v) is 13.8. The lowest BCUT2D eigenvalue weighted by Crippen LogP contribution is -2.37. The highest BCUT2D eigenvalue weighted by atomic mass is 19.1. The fourth-order valence-electron chi connectivity index (χ4n) is 2.93. The summed E-state index contributed by atoms with van der Waals surface area (Å²) in [6.07, 6.45) is 1.83. The van der Waals surface area contributed by atoms with E-state index < -0.39 is 0 Å². The Balaban J connectivity index is 1.63. The van der Waals surface area contributed by atoms with Crippen molar-refractivity contribution in [2.75, 3.05) is 18.9 Å². The smallest absolute Gasteiger partial charge is 0.255 e. The van der Waals surface area contributed by atoms with Gasteiger partial charge in [0.15, 0.2) is 0 Å². The van der Waals surface area contributed by atoms with E-state index in [4.69, 9.17) is 0 Å². The topological polar surface area (TPSA) is 74.3 Å². The third kappa shape index (κ3) is 3.93. The third-order valence-corrected chi connectivity index (χ3v) is 4.10. The highest BCUT2D eigenvalue weighted by Gasteiger charge is 2.31. The summed E-state index contributed by atoms with van der Waals surface area (Å²) in [7, 11) is 1.69. The molecule has 1 aromatic heterocycles. The Morgan fingerprint density at radius 3 is 2.96 bits per heavy atom. The Morgan fingerprint density at radius 2 is 2.20 bits per heavy atom. The Kier molecular flexibility index (Phi) is 4.92. The van der Waals surface area contributed by atoms with Crippen LogP contribution in [-0.2, 0) is 11.3 Å². The van der Waals surface area contributed by atoms with Crippen LogP contribution in [0.1, 0.15) is 22.3 Å². The third-order valence-electron chi connectivity index (χ3n) is 4.10. The van der Waals surface area contributed by atoms with E-state index in [1.165, 1.54) is 12.1 Å². The lowest BCUT2D eigenvalue weighted by atomic mass is 10.2. The number of carbonyl (C=O) groups is 2. The van der Waals surface area contributed by atoms with Crippen LogP contribution in [0.4, 0.5) is 10.2 Å². The lowest BCUT2D eigenvalue weighted by Gasteiger charge is -2.17. The summed E-state index contributed by atoms with van der Waals surface area (Å²) in [5.41, 5.74) is 1.16. The molecule has 0 radical (unpaired) electrons. The standard InChI is InChI=1S/C18H19FN4O2/c1-20-17-15(6-3-7-21-17)18(25)22-14-9-16(24)23(11-14)10-12-4-2-5-13(19)8-12/h2-8,14H,9-11H2,1H3,(H,20,21)(H,22,25)/t14-/m0/s1. The number of carbonyl (C=O) groups excluding carboxylic acids is 2. The Labute approximate surface area is 145 Å². The first kappa shape index (κ1) is 16.9. The van der Waals surface area contributed by atoms with Gasteiger partial charge in [-0.3, -0.25) is 9.59 Å². The van der Waals surface area contributed by atoms with E-state index in [1.807, 2.05) is 0 Å². The number of benzene rings is 1. The number of halogens is 1. The minimum absolute atomic E-state index is 0.0606. The lowest BCUT2D eigenvalue weighted by molar-refractivity contribution is -0.128. The molecule has 25 heavy (non-hydrogen) atoms. The summed E-state index contributed by atoms with van der Waals surface area (Å²) in [6, 6.07) is 9.25. The molecule has 1 atom stereocenters. The van der Waals surface area contributed by atoms with Crippen molar-refractivity contribution in [1.82, 2.24) is 15.2 Å². The summed E-state index contributed by atoms with van der Waals surface area (Å²) < 4.78 is 13.3. The summed E-state index contributed by atoms with van der Waals surface area (Å²) in [6.45, 7) is 0.730. The Bertz CT molecular complexity index is 796. The van der Waals surface area contributed by atoms with Gasteiger partial charge in [-0.05, 0) is 29.8 Å². The van der Waals surface area contributed by atoms with Gasteiger partial charge < -0.3 is 15.5 Å². The fourth-order valence-corrected chi connectivity index (χ4v) is 2.93. The number of hydrogen-bond donors (Lipinski definition) is 2. The van der Waals surface area contributed by atoms with Crippen LogP contribution in [0.3, 0.4) is 0 Å². The molecule has 0 unspecified atom stereocenters. The molecule has 6 nitrogen and oxygen atoms in total. The maximum Gasteiger partial charge on any atom is 0.255 e. The molecule has 1 fully saturated rings. The van der Waals surface area contributed by atoms with Crippen LogP contribution in [0, 0.1) is 5.82 Å². The number of pyridine rings is 1. The monoisotopic (exact) mass is 342 g/mol. The van der Waals surface area contributed by atoms with Crippen molar-refractivity contribution in [2.45, 2.75) is 19.0 Å². The van der Waals surface area contributed by atoms with Crippen molar-refractivity contribution >= 4 is 17.6 Å². The number of hydrogen-bond acceptors (Lipinski definition) is 4. The quantitative estimate of drug-likeness (QED) is 0.869. The van der Waals surface area contributed by atoms with Gasteiger partial charge >= 0.3 is 0 Å². The van der Waals surface area contributed by atoms with Crippen LogP contribution >= 0.6 is 0 Å². The molecule has 2 amide bonds. The summed E-state index contributed by atoms with van der Waals surface area (Å²) in [4.78, 5) is 30.3. The second kappa shape index (κ2) is 7.29. The highest BCUT2D eigenvalue weighted by molar-refractivity contribution is 5.99. The second-order valence-electron chi connectivity index (χ2n) is 5.93. The van der Waals surface area contributed by atoms with Gasteiger partial charge in [-0.15, -0.1) is 0 Å². The van der Waals surface area contributed by atoms with E-state index >= 15 is 0 Å². The van der Waals surface area contributed by atoms with Crippen molar-refractivity contribution in [3.63, 3.8) is 0 Å². The number of likely N-dealkylation sites (tertiary alicyclic amines) is 1. The predicted octanol–water partition coefficient (Wildman–Crippen LogP) is 1.79. The largest absolute Gasteiger partial charge is 0.372 e. The maximum atomic E-state index is 13.3. The number of nitrogens with zero attached hydrogens (tertiary/aromatic N) is 2. The van der Waals surface area contributed by atoms with E-state index in [-0.39, 0.29) is 30.1 Å². The van der Waals surface area contributed by atoms with Crippen molar-refractivity contribution in [2.24, 2.45) is 0 Å².